The summed E-state index contributed by atoms with van der Waals surface area (Å²) in [4.78, 5) is 17.4. The van der Waals surface area contributed by atoms with Crippen LogP contribution in [0.5, 0.6) is 0 Å². The van der Waals surface area contributed by atoms with E-state index < -0.39 is 5.54 Å². The summed E-state index contributed by atoms with van der Waals surface area (Å²) in [5.74, 6) is 0.187. The van der Waals surface area contributed by atoms with Crippen molar-refractivity contribution in [2.24, 2.45) is 0 Å². The van der Waals surface area contributed by atoms with E-state index in [1.807, 2.05) is 0 Å². The molecule has 2 N–H and O–H groups in total. The highest BCUT2D eigenvalue weighted by molar-refractivity contribution is 5.85. The van der Waals surface area contributed by atoms with Crippen LogP contribution in [-0.2, 0) is 4.79 Å². The number of likely N-dealkylation sites (tertiary alicyclic amines) is 1. The van der Waals surface area contributed by atoms with Crippen molar-refractivity contribution in [1.82, 2.24) is 20.4 Å². The summed E-state index contributed by atoms with van der Waals surface area (Å²) in [6.45, 7) is 14.6. The van der Waals surface area contributed by atoms with E-state index in [1.54, 1.807) is 0 Å². The lowest BCUT2D eigenvalue weighted by molar-refractivity contribution is -0.133. The van der Waals surface area contributed by atoms with Gasteiger partial charge in [-0.2, -0.15) is 0 Å². The minimum atomic E-state index is -0.405. The van der Waals surface area contributed by atoms with Crippen LogP contribution in [0.3, 0.4) is 0 Å². The molecule has 2 heterocycles. The summed E-state index contributed by atoms with van der Waals surface area (Å²) in [5.41, 5.74) is -0.405. The fourth-order valence-corrected chi connectivity index (χ4v) is 3.29. The van der Waals surface area contributed by atoms with Crippen molar-refractivity contribution >= 4 is 5.91 Å². The second kappa shape index (κ2) is 7.07. The molecule has 122 valence electrons. The quantitative estimate of drug-likeness (QED) is 0.800. The van der Waals surface area contributed by atoms with Crippen LogP contribution in [-0.4, -0.2) is 72.6 Å². The molecular weight excluding hydrogens is 264 g/mol. The van der Waals surface area contributed by atoms with Crippen molar-refractivity contribution in [1.29, 1.82) is 0 Å². The van der Waals surface area contributed by atoms with Gasteiger partial charge >= 0.3 is 0 Å². The van der Waals surface area contributed by atoms with Gasteiger partial charge in [0.05, 0.1) is 5.54 Å². The Morgan fingerprint density at radius 3 is 2.24 bits per heavy atom. The van der Waals surface area contributed by atoms with E-state index in [9.17, 15) is 4.79 Å². The van der Waals surface area contributed by atoms with Gasteiger partial charge in [0, 0.05) is 51.4 Å². The summed E-state index contributed by atoms with van der Waals surface area (Å²) < 4.78 is 0. The van der Waals surface area contributed by atoms with Crippen LogP contribution in [0, 0.1) is 0 Å². The standard InChI is InChI=1S/C16H32N4O/c1-13(2)19-9-5-14(6-10-19)18-15(21)16(3,4)20-11-7-17-8-12-20/h13-14,17H,5-12H2,1-4H3,(H,18,21). The smallest absolute Gasteiger partial charge is 0.240 e. The molecule has 2 saturated heterocycles. The van der Waals surface area contributed by atoms with Gasteiger partial charge in [-0.1, -0.05) is 0 Å². The third-order valence-electron chi connectivity index (χ3n) is 5.06. The van der Waals surface area contributed by atoms with Crippen molar-refractivity contribution in [2.45, 2.75) is 58.2 Å². The Morgan fingerprint density at radius 2 is 1.71 bits per heavy atom. The molecule has 2 fully saturated rings. The SMILES string of the molecule is CC(C)N1CCC(NC(=O)C(C)(C)N2CCNCC2)CC1. The Hall–Kier alpha value is -0.650. The first-order valence-corrected chi connectivity index (χ1v) is 8.42. The zero-order chi connectivity index (χ0) is 15.5. The lowest BCUT2D eigenvalue weighted by atomic mass is 9.97. The van der Waals surface area contributed by atoms with Crippen LogP contribution in [0.1, 0.15) is 40.5 Å². The van der Waals surface area contributed by atoms with Crippen molar-refractivity contribution in [2.75, 3.05) is 39.3 Å². The van der Waals surface area contributed by atoms with E-state index >= 15 is 0 Å². The number of hydrogen-bond donors (Lipinski definition) is 2. The fraction of sp³-hybridized carbons (Fsp3) is 0.938. The topological polar surface area (TPSA) is 47.6 Å². The first-order chi connectivity index (χ1) is 9.91. The summed E-state index contributed by atoms with van der Waals surface area (Å²) >= 11 is 0. The predicted octanol–water partition coefficient (Wildman–Crippen LogP) is 0.659. The molecular formula is C16H32N4O. The first-order valence-electron chi connectivity index (χ1n) is 8.42. The highest BCUT2D eigenvalue weighted by atomic mass is 16.2. The second-order valence-corrected chi connectivity index (χ2v) is 7.17. The van der Waals surface area contributed by atoms with Gasteiger partial charge in [0.1, 0.15) is 0 Å². The number of piperidine rings is 1. The lowest BCUT2D eigenvalue weighted by Gasteiger charge is -2.41. The van der Waals surface area contributed by atoms with Crippen LogP contribution in [0.25, 0.3) is 0 Å². The van der Waals surface area contributed by atoms with Crippen molar-refractivity contribution in [3.63, 3.8) is 0 Å². The molecule has 0 spiro atoms. The monoisotopic (exact) mass is 296 g/mol. The zero-order valence-electron chi connectivity index (χ0n) is 14.1. The van der Waals surface area contributed by atoms with E-state index in [0.717, 1.165) is 52.1 Å². The number of nitrogens with one attached hydrogen (secondary N) is 2. The highest BCUT2D eigenvalue weighted by Gasteiger charge is 2.36. The molecule has 1 amide bonds. The van der Waals surface area contributed by atoms with Gasteiger partial charge in [-0.3, -0.25) is 9.69 Å². The maximum absolute atomic E-state index is 12.7. The molecule has 0 unspecified atom stereocenters. The Kier molecular flexibility index (Phi) is 5.63. The van der Waals surface area contributed by atoms with Crippen LogP contribution in [0.2, 0.25) is 0 Å². The number of rotatable bonds is 4. The Labute approximate surface area is 129 Å². The van der Waals surface area contributed by atoms with E-state index in [1.165, 1.54) is 0 Å². The second-order valence-electron chi connectivity index (χ2n) is 7.17. The third-order valence-corrected chi connectivity index (χ3v) is 5.06. The van der Waals surface area contributed by atoms with Crippen molar-refractivity contribution in [3.8, 4) is 0 Å². The largest absolute Gasteiger partial charge is 0.352 e. The molecule has 21 heavy (non-hydrogen) atoms. The molecule has 0 bridgehead atoms. The van der Waals surface area contributed by atoms with Crippen LogP contribution < -0.4 is 10.6 Å². The average molecular weight is 296 g/mol. The maximum atomic E-state index is 12.7. The van der Waals surface area contributed by atoms with Crippen LogP contribution in [0.15, 0.2) is 0 Å². The zero-order valence-corrected chi connectivity index (χ0v) is 14.1. The molecule has 2 aliphatic rings. The lowest BCUT2D eigenvalue weighted by Crippen LogP contribution is -2.61. The molecule has 0 radical (unpaired) electrons. The minimum Gasteiger partial charge on any atom is -0.352 e. The molecule has 5 heteroatoms. The van der Waals surface area contributed by atoms with Gasteiger partial charge in [0.25, 0.3) is 0 Å². The maximum Gasteiger partial charge on any atom is 0.240 e. The van der Waals surface area contributed by atoms with Gasteiger partial charge in [-0.25, -0.2) is 0 Å². The molecule has 5 nitrogen and oxygen atoms in total. The van der Waals surface area contributed by atoms with E-state index in [2.05, 4.69) is 48.1 Å². The van der Waals surface area contributed by atoms with Crippen molar-refractivity contribution in [3.05, 3.63) is 0 Å². The fourth-order valence-electron chi connectivity index (χ4n) is 3.29. The summed E-state index contributed by atoms with van der Waals surface area (Å²) in [6, 6.07) is 0.952. The Bertz CT molecular complexity index is 342. The number of carbonyl (C=O) groups is 1. The Balaban J connectivity index is 1.83. The van der Waals surface area contributed by atoms with E-state index in [0.29, 0.717) is 12.1 Å². The molecule has 0 aliphatic carbocycles. The number of carbonyl (C=O) groups excluding carboxylic acids is 1. The molecule has 0 aromatic rings. The summed E-state index contributed by atoms with van der Waals surface area (Å²) in [7, 11) is 0. The van der Waals surface area contributed by atoms with Crippen LogP contribution >= 0.6 is 0 Å². The van der Waals surface area contributed by atoms with Gasteiger partial charge < -0.3 is 15.5 Å². The van der Waals surface area contributed by atoms with Gasteiger partial charge in [0.15, 0.2) is 0 Å². The number of nitrogens with zero attached hydrogens (tertiary/aromatic N) is 2. The molecule has 2 aliphatic heterocycles. The highest BCUT2D eigenvalue weighted by Crippen LogP contribution is 2.18. The molecule has 0 atom stereocenters. The molecule has 0 saturated carbocycles. The van der Waals surface area contributed by atoms with Gasteiger partial charge in [-0.15, -0.1) is 0 Å². The number of amides is 1. The number of hydrogen-bond acceptors (Lipinski definition) is 4. The summed E-state index contributed by atoms with van der Waals surface area (Å²) in [5, 5.41) is 6.63. The van der Waals surface area contributed by atoms with E-state index in [4.69, 9.17) is 0 Å². The molecule has 0 aromatic carbocycles. The normalized spacial score (nSPS) is 23.5. The van der Waals surface area contributed by atoms with Crippen LogP contribution in [0.4, 0.5) is 0 Å². The predicted molar refractivity (Wildman–Crippen MR) is 86.4 cm³/mol. The van der Waals surface area contributed by atoms with Gasteiger partial charge in [0.2, 0.25) is 5.91 Å². The Morgan fingerprint density at radius 1 is 1.14 bits per heavy atom. The average Bonchev–Trinajstić information content (AvgIpc) is 2.48. The van der Waals surface area contributed by atoms with Gasteiger partial charge in [-0.05, 0) is 40.5 Å². The molecule has 2 rings (SSSR count). The number of piperazine rings is 1. The minimum absolute atomic E-state index is 0.187. The first kappa shape index (κ1) is 16.7. The van der Waals surface area contributed by atoms with E-state index in [-0.39, 0.29) is 5.91 Å². The molecule has 0 aromatic heterocycles. The summed E-state index contributed by atoms with van der Waals surface area (Å²) in [6.07, 6.45) is 2.14. The van der Waals surface area contributed by atoms with Crippen molar-refractivity contribution < 1.29 is 4.79 Å². The third kappa shape index (κ3) is 4.18.